The second kappa shape index (κ2) is 21.8. The Morgan fingerprint density at radius 3 is 1.43 bits per heavy atom. The summed E-state index contributed by atoms with van der Waals surface area (Å²) in [5.41, 5.74) is 3.65. The fraction of sp³-hybridized carbons (Fsp3) is 0.203. The van der Waals surface area contributed by atoms with E-state index in [9.17, 15) is 20.1 Å². The van der Waals surface area contributed by atoms with Gasteiger partial charge in [0.15, 0.2) is 23.3 Å². The Kier molecular flexibility index (Phi) is 14.4. The molecule has 4 aliphatic rings. The molecule has 1 saturated carbocycles. The molecule has 3 atom stereocenters. The van der Waals surface area contributed by atoms with Crippen molar-refractivity contribution in [2.24, 2.45) is 17.8 Å². The number of H-pyrrole nitrogens is 2. The van der Waals surface area contributed by atoms with Crippen LogP contribution in [0, 0.1) is 41.0 Å². The predicted octanol–water partition coefficient (Wildman–Crippen LogP) is 14.5. The van der Waals surface area contributed by atoms with Gasteiger partial charge >= 0.3 is 6.09 Å². The molecule has 11 nitrogen and oxygen atoms in total. The number of nitrogens with one attached hydrogen (secondary N) is 4. The minimum atomic E-state index is -1.66. The van der Waals surface area contributed by atoms with Gasteiger partial charge in [-0.25, -0.2) is 32.3 Å². The number of fused-ring (bicyclic) bond motifs is 9. The average Bonchev–Trinajstić information content (AvgIpc) is 4.13. The molecule has 1 fully saturated rings. The molecule has 0 spiro atoms. The van der Waals surface area contributed by atoms with Crippen LogP contribution in [0.2, 0.25) is 0 Å². The summed E-state index contributed by atoms with van der Waals surface area (Å²) in [6, 6.07) is 26.5. The number of alkyl carbamates (subject to hydrolysis) is 1. The molecule has 2 aliphatic carbocycles. The van der Waals surface area contributed by atoms with Crippen LogP contribution >= 0.6 is 21.6 Å². The number of rotatable bonds is 14. The fourth-order valence-corrected chi connectivity index (χ4v) is 12.4. The van der Waals surface area contributed by atoms with E-state index >= 15 is 17.6 Å². The van der Waals surface area contributed by atoms with Crippen molar-refractivity contribution >= 4 is 79.7 Å². The fourth-order valence-electron chi connectivity index (χ4n) is 10.6. The van der Waals surface area contributed by atoms with E-state index in [4.69, 9.17) is 14.7 Å². The van der Waals surface area contributed by atoms with Crippen molar-refractivity contribution in [2.75, 3.05) is 36.5 Å². The molecule has 5 heterocycles. The lowest BCUT2D eigenvalue weighted by Gasteiger charge is -2.14. The maximum absolute atomic E-state index is 16.9. The van der Waals surface area contributed by atoms with E-state index < -0.39 is 40.6 Å². The van der Waals surface area contributed by atoms with E-state index in [1.165, 1.54) is 58.0 Å². The average molecular weight is 1060 g/mol. The van der Waals surface area contributed by atoms with Crippen LogP contribution in [0.1, 0.15) is 48.5 Å². The maximum Gasteiger partial charge on any atom is 0.407 e. The van der Waals surface area contributed by atoms with Crippen molar-refractivity contribution in [3.8, 4) is 61.8 Å². The van der Waals surface area contributed by atoms with Gasteiger partial charge < -0.3 is 40.7 Å². The highest BCUT2D eigenvalue weighted by Crippen LogP contribution is 2.53. The number of aromatic amines is 2. The molecule has 4 aromatic carbocycles. The maximum atomic E-state index is 16.9. The number of hydrogen-bond donors (Lipinski definition) is 7. The van der Waals surface area contributed by atoms with Gasteiger partial charge in [-0.05, 0) is 145 Å². The van der Waals surface area contributed by atoms with Gasteiger partial charge in [0, 0.05) is 68.9 Å². The van der Waals surface area contributed by atoms with Crippen molar-refractivity contribution in [1.82, 2.24) is 25.3 Å². The molecule has 1 amide bonds. The molecule has 7 N–H and O–H groups in total. The first kappa shape index (κ1) is 50.3. The number of aromatic nitrogens is 4. The Morgan fingerprint density at radius 1 is 0.566 bits per heavy atom. The van der Waals surface area contributed by atoms with Crippen LogP contribution in [-0.2, 0) is 4.74 Å². The second-order valence-electron chi connectivity index (χ2n) is 18.9. The summed E-state index contributed by atoms with van der Waals surface area (Å²) in [6.45, 7) is 0.712. The van der Waals surface area contributed by atoms with E-state index in [0.717, 1.165) is 25.7 Å². The van der Waals surface area contributed by atoms with Gasteiger partial charge in [-0.3, -0.25) is 0 Å². The normalized spacial score (nSPS) is 16.9. The number of carbonyl (C=O) groups excluding carboxylic acids is 1. The molecule has 0 unspecified atom stereocenters. The van der Waals surface area contributed by atoms with Crippen LogP contribution in [-0.4, -0.2) is 72.6 Å². The van der Waals surface area contributed by atoms with Gasteiger partial charge in [-0.1, -0.05) is 70.1 Å². The Morgan fingerprint density at radius 2 is 0.987 bits per heavy atom. The minimum absolute atomic E-state index is 0.0306. The summed E-state index contributed by atoms with van der Waals surface area (Å²) < 4.78 is 72.2. The molecule has 17 heteroatoms. The summed E-state index contributed by atoms with van der Waals surface area (Å²) in [5, 5.41) is 37.4. The highest BCUT2D eigenvalue weighted by Gasteiger charge is 2.49. The number of allylic oxidation sites excluding steroid dienone is 2. The largest absolute Gasteiger partial charge is 0.508 e. The third-order valence-electron chi connectivity index (χ3n) is 14.1. The van der Waals surface area contributed by atoms with Crippen molar-refractivity contribution in [2.45, 2.75) is 25.7 Å². The zero-order valence-electron chi connectivity index (χ0n) is 40.7. The van der Waals surface area contributed by atoms with Gasteiger partial charge in [-0.2, -0.15) is 0 Å². The lowest BCUT2D eigenvalue weighted by atomic mass is 10.0. The van der Waals surface area contributed by atoms with Crippen molar-refractivity contribution in [3.05, 3.63) is 155 Å². The summed E-state index contributed by atoms with van der Waals surface area (Å²) >= 11 is 0. The number of phenols is 3. The number of nitrogens with zero attached hydrogens (tertiary/aromatic N) is 2. The van der Waals surface area contributed by atoms with E-state index in [-0.39, 0.29) is 46.3 Å². The number of benzene rings is 4. The molecular weight excluding hydrogens is 1010 g/mol. The van der Waals surface area contributed by atoms with Gasteiger partial charge in [0.1, 0.15) is 22.9 Å². The van der Waals surface area contributed by atoms with E-state index in [1.54, 1.807) is 60.7 Å². The SMILES string of the molecule is O=C(NCCSSCCNc1c(F)c(F)c(-c2c3nc(c(-c4cccc(O)c4)c4ccc([nH]4)c(-c4cccc(O)c4)c4nc(c(-c5cccc(O)c5)c5ccc2[nH]5)C=C4)C=C3)c(F)c1F)OC[C@H]1[C@@H]2CC/C=C\CC[C@@H]21. The van der Waals surface area contributed by atoms with E-state index in [2.05, 4.69) is 32.8 Å². The highest BCUT2D eigenvalue weighted by molar-refractivity contribution is 8.76. The predicted molar refractivity (Wildman–Crippen MR) is 296 cm³/mol. The van der Waals surface area contributed by atoms with E-state index in [1.807, 2.05) is 24.3 Å². The first-order chi connectivity index (χ1) is 37.0. The monoisotopic (exact) mass is 1060 g/mol. The van der Waals surface area contributed by atoms with Crippen molar-refractivity contribution in [1.29, 1.82) is 0 Å². The number of hydrogen-bond acceptors (Lipinski definition) is 10. The van der Waals surface area contributed by atoms with Crippen molar-refractivity contribution < 1.29 is 42.4 Å². The van der Waals surface area contributed by atoms with Crippen LogP contribution < -0.4 is 10.6 Å². The molecular formula is C59H50F4N6O5S2. The quantitative estimate of drug-likeness (QED) is 0.0183. The number of ether oxygens (including phenoxy) is 1. The number of amides is 1. The summed E-state index contributed by atoms with van der Waals surface area (Å²) in [7, 11) is 2.78. The molecule has 0 radical (unpaired) electrons. The zero-order valence-corrected chi connectivity index (χ0v) is 42.3. The third kappa shape index (κ3) is 10.3. The number of anilines is 1. The van der Waals surface area contributed by atoms with Gasteiger partial charge in [-0.15, -0.1) is 0 Å². The van der Waals surface area contributed by atoms with Crippen LogP contribution in [0.4, 0.5) is 28.0 Å². The van der Waals surface area contributed by atoms with Crippen LogP contribution in [0.5, 0.6) is 17.2 Å². The Labute approximate surface area is 442 Å². The third-order valence-corrected chi connectivity index (χ3v) is 16.5. The van der Waals surface area contributed by atoms with Crippen LogP contribution in [0.3, 0.4) is 0 Å². The lowest BCUT2D eigenvalue weighted by molar-refractivity contribution is 0.138. The second-order valence-corrected chi connectivity index (χ2v) is 21.6. The molecule has 386 valence electrons. The highest BCUT2D eigenvalue weighted by atomic mass is 33.1. The molecule has 76 heavy (non-hydrogen) atoms. The van der Waals surface area contributed by atoms with Gasteiger partial charge in [0.2, 0.25) is 0 Å². The molecule has 11 rings (SSSR count). The summed E-state index contributed by atoms with van der Waals surface area (Å²) in [4.78, 5) is 29.2. The van der Waals surface area contributed by atoms with Crippen molar-refractivity contribution in [3.63, 3.8) is 0 Å². The van der Waals surface area contributed by atoms with Crippen LogP contribution in [0.25, 0.3) is 90.9 Å². The molecule has 3 aromatic heterocycles. The minimum Gasteiger partial charge on any atom is -0.508 e. The zero-order chi connectivity index (χ0) is 52.5. The molecule has 7 aromatic rings. The Hall–Kier alpha value is -7.89. The van der Waals surface area contributed by atoms with Gasteiger partial charge in [0.25, 0.3) is 0 Å². The molecule has 8 bridgehead atoms. The van der Waals surface area contributed by atoms with Crippen LogP contribution in [0.15, 0.2) is 109 Å². The molecule has 2 aliphatic heterocycles. The molecule has 0 saturated heterocycles. The number of phenolic OH excluding ortho intramolecular Hbond substituents is 3. The first-order valence-corrected chi connectivity index (χ1v) is 27.4. The summed E-state index contributed by atoms with van der Waals surface area (Å²) in [6.07, 6.45) is 15.1. The Balaban J connectivity index is 0.946. The number of aromatic hydroxyl groups is 3. The Bertz CT molecular complexity index is 3600. The smallest absolute Gasteiger partial charge is 0.407 e. The number of halogens is 4. The topological polar surface area (TPSA) is 168 Å². The van der Waals surface area contributed by atoms with Gasteiger partial charge in [0.05, 0.1) is 34.9 Å². The first-order valence-electron chi connectivity index (χ1n) is 25.0. The number of carbonyl (C=O) groups is 1. The standard InChI is InChI=1S/C59H50F4N6O5S2/c60-54-53(55(61)57(63)58(56(54)62)64-24-26-75-76-27-25-65-59(73)74-31-40-38-14-3-1-2-4-15-39(38)40)52-47-22-20-45(68-47)50(33-9-6-12-36(71)29-33)43-18-16-41(66-43)49(32-8-5-11-35(70)28-32)42-17-19-44(67-42)51(46-21-23-48(52)69-46)34-10-7-13-37(72)30-34/h1-2,5-13,16-23,28-30,38-40,64,66,69-72H,3-4,14-15,24-27,31H2,(H,65,73)/b2-1-,49-41?,49-42?,50-43?,50-45?,51-44?,51-46?,52-47?,52-48?/t38-,39+,40+. The summed E-state index contributed by atoms with van der Waals surface area (Å²) in [5.74, 6) is -4.15. The lowest BCUT2D eigenvalue weighted by Crippen LogP contribution is -2.27. The van der Waals surface area contributed by atoms with E-state index in [0.29, 0.717) is 104 Å².